The van der Waals surface area contributed by atoms with Gasteiger partial charge in [-0.1, -0.05) is 0 Å². The lowest BCUT2D eigenvalue weighted by Crippen LogP contribution is -2.55. The van der Waals surface area contributed by atoms with Gasteiger partial charge in [0.25, 0.3) is 0 Å². The van der Waals surface area contributed by atoms with Crippen LogP contribution < -0.4 is 0 Å². The third-order valence-electron chi connectivity index (χ3n) is 2.13. The monoisotopic (exact) mass is 316 g/mol. The summed E-state index contributed by atoms with van der Waals surface area (Å²) in [6.07, 6.45) is -14.0. The van der Waals surface area contributed by atoms with E-state index in [1.54, 1.807) is 4.74 Å². The van der Waals surface area contributed by atoms with Crippen LogP contribution in [0.1, 0.15) is 0 Å². The van der Waals surface area contributed by atoms with Crippen LogP contribution in [0.3, 0.4) is 0 Å². The smallest absolute Gasteiger partial charge is 0.267 e. The molecule has 0 heterocycles. The Morgan fingerprint density at radius 3 is 1.16 bits per heavy atom. The fourth-order valence-corrected chi connectivity index (χ4v) is 0.898. The number of halogens is 12. The minimum absolute atomic E-state index is 1.79. The molecule has 0 aromatic rings. The molecule has 0 aromatic carbocycles. The average molecular weight is 316 g/mol. The second-order valence-corrected chi connectivity index (χ2v) is 3.44. The SMILES string of the molecule is FC(F)(F)C(F)(F)C(F)(F)OC1(F)C(F)(F)C1(F)F. The molecule has 0 N–H and O–H groups in total. The molecule has 1 nitrogen and oxygen atoms in total. The molecule has 1 fully saturated rings. The van der Waals surface area contributed by atoms with Crippen molar-refractivity contribution < 1.29 is 57.4 Å². The Bertz CT molecular complexity index is 366. The van der Waals surface area contributed by atoms with Gasteiger partial charge in [0.1, 0.15) is 0 Å². The van der Waals surface area contributed by atoms with Crippen LogP contribution in [0.25, 0.3) is 0 Å². The topological polar surface area (TPSA) is 9.23 Å². The summed E-state index contributed by atoms with van der Waals surface area (Å²) in [5.41, 5.74) is 0. The summed E-state index contributed by atoms with van der Waals surface area (Å²) in [6, 6.07) is 0. The molecule has 0 aliphatic heterocycles. The van der Waals surface area contributed by atoms with E-state index in [2.05, 4.69) is 0 Å². The Labute approximate surface area is 94.7 Å². The Hall–Kier alpha value is -0.880. The van der Waals surface area contributed by atoms with E-state index < -0.39 is 35.9 Å². The molecule has 0 saturated heterocycles. The van der Waals surface area contributed by atoms with Crippen molar-refractivity contribution in [3.63, 3.8) is 0 Å². The van der Waals surface area contributed by atoms with Crippen LogP contribution in [0.15, 0.2) is 0 Å². The molecule has 0 amide bonds. The van der Waals surface area contributed by atoms with E-state index in [0.717, 1.165) is 0 Å². The van der Waals surface area contributed by atoms with Crippen LogP contribution in [0.2, 0.25) is 0 Å². The zero-order chi connectivity index (χ0) is 15.7. The Kier molecular flexibility index (Phi) is 2.90. The van der Waals surface area contributed by atoms with Crippen LogP contribution in [0, 0.1) is 0 Å². The van der Waals surface area contributed by atoms with Crippen molar-refractivity contribution in [1.82, 2.24) is 0 Å². The maximum absolute atomic E-state index is 12.6. The normalized spacial score (nSPS) is 25.3. The van der Waals surface area contributed by atoms with E-state index in [4.69, 9.17) is 0 Å². The lowest BCUT2D eigenvalue weighted by molar-refractivity contribution is -0.451. The van der Waals surface area contributed by atoms with Crippen molar-refractivity contribution in [3.05, 3.63) is 0 Å². The van der Waals surface area contributed by atoms with Gasteiger partial charge in [0.05, 0.1) is 0 Å². The lowest BCUT2D eigenvalue weighted by atomic mass is 10.3. The second-order valence-electron chi connectivity index (χ2n) is 3.44. The van der Waals surface area contributed by atoms with Gasteiger partial charge in [-0.05, 0) is 0 Å². The summed E-state index contributed by atoms with van der Waals surface area (Å²) in [4.78, 5) is 0. The van der Waals surface area contributed by atoms with Crippen molar-refractivity contribution in [1.29, 1.82) is 0 Å². The summed E-state index contributed by atoms with van der Waals surface area (Å²) < 4.78 is 146. The van der Waals surface area contributed by atoms with Crippen molar-refractivity contribution in [3.8, 4) is 0 Å². The minimum atomic E-state index is -7.14. The number of alkyl halides is 12. The van der Waals surface area contributed by atoms with E-state index in [0.29, 0.717) is 0 Å². The molecule has 0 atom stereocenters. The molecule has 114 valence electrons. The largest absolute Gasteiger partial charge is 0.462 e. The van der Waals surface area contributed by atoms with Gasteiger partial charge in [0.2, 0.25) is 0 Å². The summed E-state index contributed by atoms with van der Waals surface area (Å²) in [5, 5.41) is 0. The van der Waals surface area contributed by atoms with Gasteiger partial charge in [-0.25, -0.2) is 0 Å². The predicted octanol–water partition coefficient (Wildman–Crippen LogP) is 3.74. The Morgan fingerprint density at radius 2 is 0.947 bits per heavy atom. The van der Waals surface area contributed by atoms with Gasteiger partial charge in [0.15, 0.2) is 0 Å². The molecule has 1 aliphatic carbocycles. The number of ether oxygens (including phenoxy) is 1. The summed E-state index contributed by atoms with van der Waals surface area (Å²) in [7, 11) is 0. The van der Waals surface area contributed by atoms with Crippen LogP contribution >= 0.6 is 0 Å². The highest BCUT2D eigenvalue weighted by Gasteiger charge is 3.03. The minimum Gasteiger partial charge on any atom is -0.267 e. The molecule has 0 aromatic heterocycles. The number of hydrogen-bond acceptors (Lipinski definition) is 1. The van der Waals surface area contributed by atoms with E-state index in [9.17, 15) is 52.7 Å². The number of rotatable bonds is 3. The second kappa shape index (κ2) is 3.41. The maximum Gasteiger partial charge on any atom is 0.462 e. The first-order chi connectivity index (χ1) is 7.96. The number of hydrogen-bond donors (Lipinski definition) is 0. The first-order valence-electron chi connectivity index (χ1n) is 3.93. The van der Waals surface area contributed by atoms with Crippen LogP contribution in [-0.4, -0.2) is 35.9 Å². The van der Waals surface area contributed by atoms with Crippen molar-refractivity contribution in [2.24, 2.45) is 0 Å². The van der Waals surface area contributed by atoms with E-state index >= 15 is 0 Å². The van der Waals surface area contributed by atoms with Gasteiger partial charge in [-0.15, -0.1) is 0 Å². The summed E-state index contributed by atoms with van der Waals surface area (Å²) >= 11 is 0. The molecule has 0 spiro atoms. The van der Waals surface area contributed by atoms with Gasteiger partial charge in [0, 0.05) is 0 Å². The van der Waals surface area contributed by atoms with E-state index in [-0.39, 0.29) is 0 Å². The molecule has 19 heavy (non-hydrogen) atoms. The van der Waals surface area contributed by atoms with E-state index in [1.807, 2.05) is 0 Å². The highest BCUT2D eigenvalue weighted by molar-refractivity contribution is 5.24. The quantitative estimate of drug-likeness (QED) is 0.721. The maximum atomic E-state index is 12.6. The Balaban J connectivity index is 3.08. The zero-order valence-electron chi connectivity index (χ0n) is 7.94. The first-order valence-corrected chi connectivity index (χ1v) is 3.93. The molecule has 0 bridgehead atoms. The third-order valence-corrected chi connectivity index (χ3v) is 2.13. The molecule has 1 rings (SSSR count). The van der Waals surface area contributed by atoms with Gasteiger partial charge in [-0.3, -0.25) is 4.74 Å². The molecule has 0 unspecified atom stereocenters. The Morgan fingerprint density at radius 1 is 0.632 bits per heavy atom. The predicted molar refractivity (Wildman–Crippen MR) is 30.8 cm³/mol. The van der Waals surface area contributed by atoms with Crippen LogP contribution in [-0.2, 0) is 4.74 Å². The fourth-order valence-electron chi connectivity index (χ4n) is 0.898. The van der Waals surface area contributed by atoms with Gasteiger partial charge < -0.3 is 0 Å². The molecule has 13 heteroatoms. The molecule has 0 radical (unpaired) electrons. The van der Waals surface area contributed by atoms with Crippen LogP contribution in [0.4, 0.5) is 52.7 Å². The fraction of sp³-hybridized carbons (Fsp3) is 1.00. The molecule has 1 saturated carbocycles. The third kappa shape index (κ3) is 1.69. The van der Waals surface area contributed by atoms with Crippen molar-refractivity contribution >= 4 is 0 Å². The highest BCUT2D eigenvalue weighted by atomic mass is 19.4. The van der Waals surface area contributed by atoms with Crippen molar-refractivity contribution in [2.45, 2.75) is 35.9 Å². The standard InChI is InChI=1S/C6F12O/c7-1(8)2(9,10)4(1,13)19-6(17,18)3(11,12)5(14,15)16. The van der Waals surface area contributed by atoms with Gasteiger partial charge in [-0.2, -0.15) is 52.7 Å². The lowest BCUT2D eigenvalue weighted by Gasteiger charge is -2.28. The highest BCUT2D eigenvalue weighted by Crippen LogP contribution is 2.70. The average Bonchev–Trinajstić information content (AvgIpc) is 2.40. The summed E-state index contributed by atoms with van der Waals surface area (Å²) in [5.74, 6) is -25.0. The van der Waals surface area contributed by atoms with Gasteiger partial charge >= 0.3 is 35.9 Å². The molecule has 1 aliphatic rings. The molecular formula is C6F12O. The van der Waals surface area contributed by atoms with Crippen molar-refractivity contribution in [2.75, 3.05) is 0 Å². The molecular weight excluding hydrogens is 316 g/mol. The van der Waals surface area contributed by atoms with Crippen LogP contribution in [0.5, 0.6) is 0 Å². The first kappa shape index (κ1) is 16.2. The van der Waals surface area contributed by atoms with E-state index in [1.165, 1.54) is 0 Å². The zero-order valence-corrected chi connectivity index (χ0v) is 7.94. The summed E-state index contributed by atoms with van der Waals surface area (Å²) in [6.45, 7) is 0.